The first-order chi connectivity index (χ1) is 21.7. The van der Waals surface area contributed by atoms with Gasteiger partial charge in [0, 0.05) is 56.3 Å². The number of carbonyl (C=O) groups is 2. The van der Waals surface area contributed by atoms with Crippen LogP contribution in [0.2, 0.25) is 0 Å². The molecule has 1 aromatic carbocycles. The summed E-state index contributed by atoms with van der Waals surface area (Å²) in [5.74, 6) is 0.218. The largest absolute Gasteiger partial charge is 0.490 e. The van der Waals surface area contributed by atoms with Crippen LogP contribution in [0.25, 0.3) is 0 Å². The van der Waals surface area contributed by atoms with Crippen LogP contribution in [0.15, 0.2) is 42.7 Å². The van der Waals surface area contributed by atoms with Crippen LogP contribution in [0.3, 0.4) is 0 Å². The number of aliphatic hydroxyl groups excluding tert-OH is 1. The van der Waals surface area contributed by atoms with E-state index < -0.39 is 6.04 Å². The van der Waals surface area contributed by atoms with E-state index in [-0.39, 0.29) is 42.7 Å². The van der Waals surface area contributed by atoms with Crippen molar-refractivity contribution in [2.75, 3.05) is 38.7 Å². The second-order valence-corrected chi connectivity index (χ2v) is 13.0. The van der Waals surface area contributed by atoms with Crippen LogP contribution < -0.4 is 15.4 Å². The molecule has 10 nitrogen and oxygen atoms in total. The van der Waals surface area contributed by atoms with Gasteiger partial charge in [-0.2, -0.15) is 0 Å². The number of nitrogens with one attached hydrogen (secondary N) is 2. The summed E-state index contributed by atoms with van der Waals surface area (Å²) in [7, 11) is 2.08. The molecule has 1 aromatic heterocycles. The smallest absolute Gasteiger partial charge is 0.319 e. The van der Waals surface area contributed by atoms with E-state index in [0.717, 1.165) is 51.5 Å². The first-order valence-electron chi connectivity index (χ1n) is 16.7. The highest BCUT2D eigenvalue weighted by Crippen LogP contribution is 2.29. The Morgan fingerprint density at radius 2 is 1.82 bits per heavy atom. The van der Waals surface area contributed by atoms with Crippen LogP contribution in [0.1, 0.15) is 88.1 Å². The number of urea groups is 1. The molecule has 248 valence electrons. The Hall–Kier alpha value is -3.21. The quantitative estimate of drug-likeness (QED) is 0.358. The fourth-order valence-corrected chi connectivity index (χ4v) is 6.23. The van der Waals surface area contributed by atoms with Crippen molar-refractivity contribution >= 4 is 17.6 Å². The van der Waals surface area contributed by atoms with Crippen molar-refractivity contribution < 1.29 is 24.2 Å². The molecule has 10 heteroatoms. The number of amides is 3. The Balaban J connectivity index is 1.56. The Morgan fingerprint density at radius 3 is 2.56 bits per heavy atom. The van der Waals surface area contributed by atoms with Crippen molar-refractivity contribution in [2.24, 2.45) is 5.92 Å². The minimum atomic E-state index is -0.431. The molecule has 2 aromatic rings. The highest BCUT2D eigenvalue weighted by Gasteiger charge is 2.30. The first-order valence-corrected chi connectivity index (χ1v) is 16.7. The second kappa shape index (κ2) is 17.5. The maximum atomic E-state index is 14.3. The third kappa shape index (κ3) is 10.7. The molecule has 4 rings (SSSR count). The van der Waals surface area contributed by atoms with Gasteiger partial charge in [0.2, 0.25) is 0 Å². The van der Waals surface area contributed by atoms with Crippen molar-refractivity contribution in [1.29, 1.82) is 0 Å². The van der Waals surface area contributed by atoms with Crippen molar-refractivity contribution in [3.63, 3.8) is 0 Å². The zero-order valence-corrected chi connectivity index (χ0v) is 27.5. The molecule has 2 aliphatic rings. The summed E-state index contributed by atoms with van der Waals surface area (Å²) in [5, 5.41) is 16.2. The summed E-state index contributed by atoms with van der Waals surface area (Å²) in [6.07, 6.45) is 11.5. The number of pyridine rings is 1. The summed E-state index contributed by atoms with van der Waals surface area (Å²) >= 11 is 0. The Kier molecular flexibility index (Phi) is 13.5. The number of aliphatic hydroxyl groups is 1. The molecule has 1 fully saturated rings. The van der Waals surface area contributed by atoms with Gasteiger partial charge in [-0.25, -0.2) is 4.79 Å². The van der Waals surface area contributed by atoms with Gasteiger partial charge in [0.05, 0.1) is 30.4 Å². The number of ether oxygens (including phenoxy) is 2. The number of hydrogen-bond acceptors (Lipinski definition) is 7. The molecule has 0 spiro atoms. The molecule has 3 N–H and O–H groups in total. The maximum Gasteiger partial charge on any atom is 0.319 e. The van der Waals surface area contributed by atoms with Gasteiger partial charge in [-0.3, -0.25) is 14.7 Å². The van der Waals surface area contributed by atoms with E-state index in [9.17, 15) is 14.7 Å². The lowest BCUT2D eigenvalue weighted by molar-refractivity contribution is -0.0177. The molecular weight excluding hydrogens is 570 g/mol. The average Bonchev–Trinajstić information content (AvgIpc) is 3.03. The Bertz CT molecular complexity index is 1210. The van der Waals surface area contributed by atoms with E-state index in [4.69, 9.17) is 9.47 Å². The standard InChI is InChI=1S/C35H53N5O5/c1-25-21-40(26(2)24-41)34(42)31-20-30(38-35(43)37-29-11-6-5-7-12-29)13-14-32(31)45-27(3)10-8-9-19-44-33(25)23-39(4)22-28-15-17-36-18-16-28/h13-18,20,25-27,29,33,41H,5-12,19,21-24H2,1-4H3,(H2,37,38,43)/t25-,26+,27-,33+/m0/s1. The summed E-state index contributed by atoms with van der Waals surface area (Å²) in [5.41, 5.74) is 2.07. The third-order valence-electron chi connectivity index (χ3n) is 8.94. The van der Waals surface area contributed by atoms with Crippen molar-refractivity contribution in [1.82, 2.24) is 20.1 Å². The van der Waals surface area contributed by atoms with Crippen LogP contribution >= 0.6 is 0 Å². The normalized spacial score (nSPS) is 23.0. The van der Waals surface area contributed by atoms with Gasteiger partial charge in [0.25, 0.3) is 5.91 Å². The fourth-order valence-electron chi connectivity index (χ4n) is 6.23. The molecule has 0 saturated heterocycles. The number of likely N-dealkylation sites (N-methyl/N-ethyl adjacent to an activating group) is 1. The molecule has 1 aliphatic carbocycles. The van der Waals surface area contributed by atoms with Crippen molar-refractivity contribution in [3.8, 4) is 5.75 Å². The average molecular weight is 624 g/mol. The minimum absolute atomic E-state index is 0.0170. The van der Waals surface area contributed by atoms with Crippen LogP contribution in [-0.4, -0.2) is 89.5 Å². The Labute approximate surface area is 268 Å². The summed E-state index contributed by atoms with van der Waals surface area (Å²) < 4.78 is 12.8. The fraction of sp³-hybridized carbons (Fsp3) is 0.629. The Morgan fingerprint density at radius 1 is 1.09 bits per heavy atom. The molecular formula is C35H53N5O5. The maximum absolute atomic E-state index is 14.3. The molecule has 3 amide bonds. The van der Waals surface area contributed by atoms with Gasteiger partial charge >= 0.3 is 6.03 Å². The number of hydrogen-bond donors (Lipinski definition) is 3. The number of carbonyl (C=O) groups excluding carboxylic acids is 2. The third-order valence-corrected chi connectivity index (χ3v) is 8.94. The lowest BCUT2D eigenvalue weighted by atomic mass is 9.96. The van der Waals surface area contributed by atoms with E-state index in [2.05, 4.69) is 34.5 Å². The predicted molar refractivity (Wildman–Crippen MR) is 176 cm³/mol. The van der Waals surface area contributed by atoms with Crippen LogP contribution in [0.4, 0.5) is 10.5 Å². The molecule has 0 bridgehead atoms. The topological polar surface area (TPSA) is 116 Å². The second-order valence-electron chi connectivity index (χ2n) is 13.0. The van der Waals surface area contributed by atoms with E-state index in [1.807, 2.05) is 26.0 Å². The van der Waals surface area contributed by atoms with E-state index in [0.29, 0.717) is 36.7 Å². The molecule has 4 atom stereocenters. The molecule has 2 heterocycles. The van der Waals surface area contributed by atoms with Gasteiger partial charge in [0.1, 0.15) is 5.75 Å². The van der Waals surface area contributed by atoms with E-state index in [1.165, 1.54) is 12.0 Å². The van der Waals surface area contributed by atoms with Crippen LogP contribution in [-0.2, 0) is 11.3 Å². The zero-order valence-electron chi connectivity index (χ0n) is 27.5. The number of aromatic nitrogens is 1. The number of nitrogens with zero attached hydrogens (tertiary/aromatic N) is 3. The van der Waals surface area contributed by atoms with Gasteiger partial charge in [-0.15, -0.1) is 0 Å². The molecule has 1 saturated carbocycles. The highest BCUT2D eigenvalue weighted by molar-refractivity contribution is 5.99. The summed E-state index contributed by atoms with van der Waals surface area (Å²) in [6.45, 7) is 8.26. The summed E-state index contributed by atoms with van der Waals surface area (Å²) in [6, 6.07) is 8.76. The van der Waals surface area contributed by atoms with Gasteiger partial charge in [0.15, 0.2) is 0 Å². The molecule has 45 heavy (non-hydrogen) atoms. The molecule has 1 aliphatic heterocycles. The number of benzene rings is 1. The number of rotatable bonds is 8. The summed E-state index contributed by atoms with van der Waals surface area (Å²) in [4.78, 5) is 35.3. The van der Waals surface area contributed by atoms with Crippen molar-refractivity contribution in [3.05, 3.63) is 53.9 Å². The highest BCUT2D eigenvalue weighted by atomic mass is 16.5. The zero-order chi connectivity index (χ0) is 32.2. The van der Waals surface area contributed by atoms with Gasteiger partial charge in [-0.1, -0.05) is 26.2 Å². The van der Waals surface area contributed by atoms with Crippen molar-refractivity contribution in [2.45, 2.75) is 103 Å². The van der Waals surface area contributed by atoms with Gasteiger partial charge in [-0.05, 0) is 88.9 Å². The lowest BCUT2D eigenvalue weighted by Crippen LogP contribution is -2.47. The van der Waals surface area contributed by atoms with E-state index >= 15 is 0 Å². The van der Waals surface area contributed by atoms with Crippen LogP contribution in [0.5, 0.6) is 5.75 Å². The lowest BCUT2D eigenvalue weighted by Gasteiger charge is -2.36. The van der Waals surface area contributed by atoms with Crippen LogP contribution in [0, 0.1) is 5.92 Å². The predicted octanol–water partition coefficient (Wildman–Crippen LogP) is 5.46. The van der Waals surface area contributed by atoms with E-state index in [1.54, 1.807) is 35.5 Å². The first kappa shape index (κ1) is 34.7. The molecule has 0 radical (unpaired) electrons. The SMILES string of the molecule is C[C@H](CO)N1C[C@H](C)[C@@H](CN(C)Cc2ccncc2)OCCCC[C@H](C)Oc2ccc(NC(=O)NC3CCCCC3)cc2C1=O. The molecule has 0 unspecified atom stereocenters. The van der Waals surface area contributed by atoms with Gasteiger partial charge < -0.3 is 30.1 Å². The minimum Gasteiger partial charge on any atom is -0.490 e. The number of fused-ring (bicyclic) bond motifs is 1. The number of anilines is 1. The monoisotopic (exact) mass is 623 g/mol.